The number of ketones is 1. The molecule has 33 heavy (non-hydrogen) atoms. The number of fused-ring (bicyclic) bond motifs is 1. The zero-order valence-electron chi connectivity index (χ0n) is 21.2. The number of cyclic esters (lactones) is 1. The molecule has 0 amide bonds. The van der Waals surface area contributed by atoms with Crippen molar-refractivity contribution in [3.63, 3.8) is 0 Å². The topological polar surface area (TPSA) is 68.8 Å². The predicted octanol–water partition coefficient (Wildman–Crippen LogP) is 6.17. The lowest BCUT2D eigenvalue weighted by atomic mass is 9.75. The number of nitrogens with zero attached hydrogens (tertiary/aromatic N) is 1. The van der Waals surface area contributed by atoms with E-state index in [0.29, 0.717) is 18.8 Å². The van der Waals surface area contributed by atoms with Crippen molar-refractivity contribution in [3.05, 3.63) is 35.7 Å². The van der Waals surface area contributed by atoms with Gasteiger partial charge in [-0.25, -0.2) is 0 Å². The first-order valence-corrected chi connectivity index (χ1v) is 12.5. The van der Waals surface area contributed by atoms with E-state index in [1.54, 1.807) is 6.20 Å². The molecule has 0 bridgehead atoms. The van der Waals surface area contributed by atoms with Crippen LogP contribution in [0.15, 0.2) is 30.0 Å². The molecule has 2 aliphatic heterocycles. The van der Waals surface area contributed by atoms with Crippen LogP contribution < -0.4 is 0 Å². The fourth-order valence-corrected chi connectivity index (χ4v) is 5.17. The Labute approximate surface area is 199 Å². The second-order valence-electron chi connectivity index (χ2n) is 11.2. The van der Waals surface area contributed by atoms with Crippen molar-refractivity contribution in [3.8, 4) is 0 Å². The van der Waals surface area contributed by atoms with E-state index in [-0.39, 0.29) is 41.9 Å². The van der Waals surface area contributed by atoms with Gasteiger partial charge in [0.15, 0.2) is 0 Å². The molecule has 2 saturated heterocycles. The van der Waals surface area contributed by atoms with E-state index in [0.717, 1.165) is 37.0 Å². The molecule has 5 atom stereocenters. The van der Waals surface area contributed by atoms with Crippen LogP contribution in [0.4, 0.5) is 0 Å². The van der Waals surface area contributed by atoms with Crippen molar-refractivity contribution >= 4 is 17.8 Å². The van der Waals surface area contributed by atoms with Crippen LogP contribution >= 0.6 is 0 Å². The summed E-state index contributed by atoms with van der Waals surface area (Å²) in [5.74, 6) is 0.477. The molecule has 2 aliphatic rings. The zero-order valence-corrected chi connectivity index (χ0v) is 21.2. The third kappa shape index (κ3) is 6.99. The van der Waals surface area contributed by atoms with Gasteiger partial charge in [-0.2, -0.15) is 0 Å². The number of rotatable bonds is 2. The van der Waals surface area contributed by atoms with E-state index in [1.165, 1.54) is 0 Å². The molecule has 3 heterocycles. The van der Waals surface area contributed by atoms with Crippen LogP contribution in [0.5, 0.6) is 0 Å². The minimum atomic E-state index is -0.540. The minimum Gasteiger partial charge on any atom is -0.458 e. The number of hydrogen-bond donors (Lipinski definition) is 0. The SMILES string of the molecule is C/C(=C\c1ccccn1)C1CC2OC2(C)CCCC(C)CC(C)C(=O)C(C)(C)CCC(=O)O1. The highest BCUT2D eigenvalue weighted by atomic mass is 16.6. The molecule has 0 radical (unpaired) electrons. The molecule has 0 aromatic carbocycles. The highest BCUT2D eigenvalue weighted by Gasteiger charge is 2.52. The predicted molar refractivity (Wildman–Crippen MR) is 130 cm³/mol. The quantitative estimate of drug-likeness (QED) is 0.394. The first-order chi connectivity index (χ1) is 15.5. The fraction of sp³-hybridized carbons (Fsp3) is 0.679. The maximum atomic E-state index is 13.1. The summed E-state index contributed by atoms with van der Waals surface area (Å²) in [5, 5.41) is 0. The van der Waals surface area contributed by atoms with Gasteiger partial charge in [0.25, 0.3) is 0 Å². The molecule has 2 fully saturated rings. The summed E-state index contributed by atoms with van der Waals surface area (Å²) in [6, 6.07) is 5.77. The molecule has 1 aromatic heterocycles. The second kappa shape index (κ2) is 10.5. The standard InChI is InChI=1S/C28H41NO4/c1-19-10-9-13-28(6)24(33-28)18-23(20(2)17-22-11-7-8-15-29-22)32-25(30)12-14-27(4,5)26(31)21(3)16-19/h7-8,11,15,17,19,21,23-24H,9-10,12-14,16,18H2,1-6H3/b20-17+. The van der Waals surface area contributed by atoms with Gasteiger partial charge in [-0.1, -0.05) is 46.6 Å². The van der Waals surface area contributed by atoms with Crippen LogP contribution in [0, 0.1) is 17.3 Å². The van der Waals surface area contributed by atoms with Gasteiger partial charge >= 0.3 is 5.97 Å². The summed E-state index contributed by atoms with van der Waals surface area (Å²) in [6.45, 7) is 12.3. The van der Waals surface area contributed by atoms with Crippen LogP contribution in [-0.4, -0.2) is 34.5 Å². The van der Waals surface area contributed by atoms with Crippen molar-refractivity contribution in [1.82, 2.24) is 4.98 Å². The van der Waals surface area contributed by atoms with Gasteiger partial charge in [0, 0.05) is 30.4 Å². The average molecular weight is 456 g/mol. The van der Waals surface area contributed by atoms with E-state index in [4.69, 9.17) is 9.47 Å². The molecule has 5 nitrogen and oxygen atoms in total. The molecule has 182 valence electrons. The van der Waals surface area contributed by atoms with Crippen molar-refractivity contribution in [2.45, 2.75) is 104 Å². The van der Waals surface area contributed by atoms with Crippen molar-refractivity contribution in [2.75, 3.05) is 0 Å². The molecular formula is C28H41NO4. The van der Waals surface area contributed by atoms with Gasteiger partial charge in [0.2, 0.25) is 0 Å². The van der Waals surface area contributed by atoms with Gasteiger partial charge < -0.3 is 9.47 Å². The van der Waals surface area contributed by atoms with Crippen LogP contribution in [0.3, 0.4) is 0 Å². The smallest absolute Gasteiger partial charge is 0.306 e. The maximum Gasteiger partial charge on any atom is 0.306 e. The number of ether oxygens (including phenoxy) is 2. The van der Waals surface area contributed by atoms with Gasteiger partial charge in [-0.3, -0.25) is 14.6 Å². The average Bonchev–Trinajstić information content (AvgIpc) is 3.40. The minimum absolute atomic E-state index is 0.00395. The molecule has 0 aliphatic carbocycles. The molecular weight excluding hydrogens is 414 g/mol. The largest absolute Gasteiger partial charge is 0.458 e. The van der Waals surface area contributed by atoms with E-state index >= 15 is 0 Å². The first kappa shape index (κ1) is 25.6. The Bertz CT molecular complexity index is 862. The number of Topliss-reactive ketones (excluding diaryl/α,β-unsaturated/α-hetero) is 1. The summed E-state index contributed by atoms with van der Waals surface area (Å²) in [4.78, 5) is 30.3. The number of epoxide rings is 1. The second-order valence-corrected chi connectivity index (χ2v) is 11.2. The Morgan fingerprint density at radius 3 is 2.58 bits per heavy atom. The summed E-state index contributed by atoms with van der Waals surface area (Å²) < 4.78 is 12.1. The van der Waals surface area contributed by atoms with Crippen LogP contribution in [-0.2, 0) is 19.1 Å². The highest BCUT2D eigenvalue weighted by molar-refractivity contribution is 5.86. The van der Waals surface area contributed by atoms with Crippen molar-refractivity contribution in [1.29, 1.82) is 0 Å². The number of hydrogen-bond acceptors (Lipinski definition) is 5. The van der Waals surface area contributed by atoms with E-state index in [9.17, 15) is 9.59 Å². The lowest BCUT2D eigenvalue weighted by Crippen LogP contribution is -2.32. The molecule has 0 saturated carbocycles. The molecule has 0 N–H and O–H groups in total. The van der Waals surface area contributed by atoms with Gasteiger partial charge in [-0.05, 0) is 62.8 Å². The lowest BCUT2D eigenvalue weighted by Gasteiger charge is -2.28. The van der Waals surface area contributed by atoms with E-state index in [1.807, 2.05) is 52.0 Å². The summed E-state index contributed by atoms with van der Waals surface area (Å²) in [6.07, 6.45) is 8.89. The number of esters is 1. The molecule has 3 rings (SSSR count). The Kier molecular flexibility index (Phi) is 8.15. The summed E-state index contributed by atoms with van der Waals surface area (Å²) in [7, 11) is 0. The van der Waals surface area contributed by atoms with E-state index < -0.39 is 5.41 Å². The number of carbonyl (C=O) groups is 2. The van der Waals surface area contributed by atoms with Crippen molar-refractivity contribution in [2.24, 2.45) is 17.3 Å². The Morgan fingerprint density at radius 1 is 1.12 bits per heavy atom. The molecule has 1 aromatic rings. The monoisotopic (exact) mass is 455 g/mol. The Morgan fingerprint density at radius 2 is 1.88 bits per heavy atom. The summed E-state index contributed by atoms with van der Waals surface area (Å²) in [5.41, 5.74) is 1.10. The van der Waals surface area contributed by atoms with Crippen molar-refractivity contribution < 1.29 is 19.1 Å². The fourth-order valence-electron chi connectivity index (χ4n) is 5.17. The van der Waals surface area contributed by atoms with Gasteiger partial charge in [-0.15, -0.1) is 0 Å². The maximum absolute atomic E-state index is 13.1. The van der Waals surface area contributed by atoms with Crippen LogP contribution in [0.2, 0.25) is 0 Å². The Hall–Kier alpha value is -2.01. The molecule has 5 heteroatoms. The van der Waals surface area contributed by atoms with Crippen LogP contribution in [0.25, 0.3) is 6.08 Å². The highest BCUT2D eigenvalue weighted by Crippen LogP contribution is 2.45. The van der Waals surface area contributed by atoms with E-state index in [2.05, 4.69) is 18.8 Å². The summed E-state index contributed by atoms with van der Waals surface area (Å²) >= 11 is 0. The first-order valence-electron chi connectivity index (χ1n) is 12.5. The number of carbonyl (C=O) groups excluding carboxylic acids is 2. The third-order valence-corrected chi connectivity index (χ3v) is 7.50. The lowest BCUT2D eigenvalue weighted by molar-refractivity contribution is -0.148. The van der Waals surface area contributed by atoms with Gasteiger partial charge in [0.1, 0.15) is 11.9 Å². The third-order valence-electron chi connectivity index (χ3n) is 7.50. The van der Waals surface area contributed by atoms with Crippen LogP contribution in [0.1, 0.15) is 92.2 Å². The molecule has 5 unspecified atom stereocenters. The molecule has 0 spiro atoms. The van der Waals surface area contributed by atoms with Gasteiger partial charge in [0.05, 0.1) is 17.4 Å². The normalized spacial score (nSPS) is 34.3. The zero-order chi connectivity index (χ0) is 24.2. The number of aromatic nitrogens is 1. The Balaban J connectivity index is 1.79. The number of pyridine rings is 1.